The first-order valence-electron chi connectivity index (χ1n) is 11.2. The molecule has 1 saturated heterocycles. The molecule has 1 unspecified atom stereocenters. The van der Waals surface area contributed by atoms with E-state index in [2.05, 4.69) is 34.0 Å². The normalized spacial score (nSPS) is 16.9. The van der Waals surface area contributed by atoms with Crippen LogP contribution in [0.4, 0.5) is 5.69 Å². The number of piperidine rings is 1. The molecule has 1 fully saturated rings. The Bertz CT molecular complexity index is 1180. The molecule has 2 N–H and O–H groups in total. The van der Waals surface area contributed by atoms with Gasteiger partial charge in [-0.05, 0) is 73.1 Å². The molecular formula is C25H29N3O3S2. The summed E-state index contributed by atoms with van der Waals surface area (Å²) in [6.45, 7) is 4.74. The van der Waals surface area contributed by atoms with Gasteiger partial charge in [-0.2, -0.15) is 0 Å². The number of anilines is 1. The van der Waals surface area contributed by atoms with E-state index in [-0.39, 0.29) is 10.1 Å². The van der Waals surface area contributed by atoms with Crippen LogP contribution in [0.3, 0.4) is 0 Å². The van der Waals surface area contributed by atoms with Crippen LogP contribution in [-0.2, 0) is 23.1 Å². The van der Waals surface area contributed by atoms with E-state index in [9.17, 15) is 13.2 Å². The van der Waals surface area contributed by atoms with E-state index in [0.29, 0.717) is 23.8 Å². The summed E-state index contributed by atoms with van der Waals surface area (Å²) in [5.74, 6) is -0.191. The van der Waals surface area contributed by atoms with Crippen LogP contribution in [0.25, 0.3) is 0 Å². The summed E-state index contributed by atoms with van der Waals surface area (Å²) >= 11 is 1.16. The number of hydrogen-bond donors (Lipinski definition) is 2. The predicted octanol–water partition coefficient (Wildman–Crippen LogP) is 4.85. The molecule has 0 saturated carbocycles. The van der Waals surface area contributed by atoms with Gasteiger partial charge in [-0.1, -0.05) is 36.8 Å². The molecule has 0 bridgehead atoms. The monoisotopic (exact) mass is 483 g/mol. The van der Waals surface area contributed by atoms with E-state index < -0.39 is 10.0 Å². The Morgan fingerprint density at radius 3 is 2.48 bits per heavy atom. The van der Waals surface area contributed by atoms with Gasteiger partial charge in [-0.3, -0.25) is 14.4 Å². The van der Waals surface area contributed by atoms with Gasteiger partial charge in [-0.25, -0.2) is 8.42 Å². The smallest absolute Gasteiger partial charge is 0.271 e. The van der Waals surface area contributed by atoms with E-state index in [1.54, 1.807) is 41.8 Å². The van der Waals surface area contributed by atoms with E-state index in [0.717, 1.165) is 30.0 Å². The molecule has 3 aromatic rings. The van der Waals surface area contributed by atoms with Crippen LogP contribution in [-0.4, -0.2) is 31.8 Å². The van der Waals surface area contributed by atoms with Gasteiger partial charge in [0.1, 0.15) is 4.21 Å². The number of likely N-dealkylation sites (tertiary alicyclic amines) is 1. The fraction of sp³-hybridized carbons (Fsp3) is 0.320. The van der Waals surface area contributed by atoms with Crippen molar-refractivity contribution in [3.8, 4) is 0 Å². The maximum absolute atomic E-state index is 12.7. The third-order valence-electron chi connectivity index (χ3n) is 6.03. The Kier molecular flexibility index (Phi) is 7.47. The summed E-state index contributed by atoms with van der Waals surface area (Å²) in [4.78, 5) is 15.2. The lowest BCUT2D eigenvalue weighted by molar-refractivity contribution is 0.0950. The number of amides is 1. The molecule has 1 aliphatic rings. The largest absolute Gasteiger partial charge is 0.348 e. The summed E-state index contributed by atoms with van der Waals surface area (Å²) in [7, 11) is -3.61. The molecule has 4 rings (SSSR count). The third kappa shape index (κ3) is 6.01. The van der Waals surface area contributed by atoms with Crippen molar-refractivity contribution >= 4 is 33.0 Å². The van der Waals surface area contributed by atoms with Gasteiger partial charge >= 0.3 is 0 Å². The Labute approximate surface area is 199 Å². The molecule has 2 heterocycles. The Hall–Kier alpha value is -2.68. The number of nitrogens with zero attached hydrogens (tertiary/aromatic N) is 1. The topological polar surface area (TPSA) is 78.5 Å². The second-order valence-electron chi connectivity index (χ2n) is 8.38. The van der Waals surface area contributed by atoms with Gasteiger partial charge in [0.25, 0.3) is 15.9 Å². The number of rotatable bonds is 8. The van der Waals surface area contributed by atoms with E-state index in [1.807, 2.05) is 12.1 Å². The van der Waals surface area contributed by atoms with Crippen molar-refractivity contribution in [1.29, 1.82) is 0 Å². The Morgan fingerprint density at radius 2 is 1.79 bits per heavy atom. The molecule has 0 aliphatic carbocycles. The molecule has 1 aliphatic heterocycles. The molecule has 174 valence electrons. The number of sulfonamides is 1. The van der Waals surface area contributed by atoms with Crippen LogP contribution in [0.15, 0.2) is 70.3 Å². The van der Waals surface area contributed by atoms with Gasteiger partial charge in [-0.15, -0.1) is 11.3 Å². The summed E-state index contributed by atoms with van der Waals surface area (Å²) < 4.78 is 27.5. The van der Waals surface area contributed by atoms with E-state index in [4.69, 9.17) is 0 Å². The van der Waals surface area contributed by atoms with Crippen molar-refractivity contribution in [2.45, 2.75) is 49.5 Å². The van der Waals surface area contributed by atoms with Crippen molar-refractivity contribution in [2.75, 3.05) is 11.3 Å². The van der Waals surface area contributed by atoms with Gasteiger partial charge in [0.2, 0.25) is 0 Å². The first-order chi connectivity index (χ1) is 15.9. The zero-order valence-electron chi connectivity index (χ0n) is 18.7. The van der Waals surface area contributed by atoms with Gasteiger partial charge in [0.15, 0.2) is 0 Å². The van der Waals surface area contributed by atoms with Gasteiger partial charge < -0.3 is 5.32 Å². The lowest BCUT2D eigenvalue weighted by Crippen LogP contribution is -2.37. The Balaban J connectivity index is 1.36. The fourth-order valence-electron chi connectivity index (χ4n) is 4.08. The molecule has 0 spiro atoms. The quantitative estimate of drug-likeness (QED) is 0.480. The van der Waals surface area contributed by atoms with Crippen molar-refractivity contribution < 1.29 is 13.2 Å². The average Bonchev–Trinajstić information content (AvgIpc) is 3.36. The minimum atomic E-state index is -3.61. The molecular weight excluding hydrogens is 454 g/mol. The first kappa shape index (κ1) is 23.5. The van der Waals surface area contributed by atoms with Crippen LogP contribution < -0.4 is 10.0 Å². The molecule has 1 amide bonds. The average molecular weight is 484 g/mol. The maximum Gasteiger partial charge on any atom is 0.271 e. The molecule has 1 aromatic heterocycles. The zero-order chi connectivity index (χ0) is 23.3. The van der Waals surface area contributed by atoms with Crippen LogP contribution >= 0.6 is 11.3 Å². The van der Waals surface area contributed by atoms with Crippen molar-refractivity contribution in [3.05, 3.63) is 82.7 Å². The zero-order valence-corrected chi connectivity index (χ0v) is 20.3. The molecule has 6 nitrogen and oxygen atoms in total. The summed E-state index contributed by atoms with van der Waals surface area (Å²) in [6, 6.07) is 18.5. The van der Waals surface area contributed by atoms with Crippen LogP contribution in [0, 0.1) is 0 Å². The standard InChI is InChI=1S/C25H29N3O3S2/c1-19-7-4-5-15-28(19)18-22-9-3-2-8-21(22)17-26-25(29)20-11-13-23(14-12-20)27-33(30,31)24-10-6-16-32-24/h2-3,6,8-14,16,19,27H,4-5,7,15,17-18H2,1H3,(H,26,29). The number of carbonyl (C=O) groups excluding carboxylic acids is 1. The summed E-state index contributed by atoms with van der Waals surface area (Å²) in [5, 5.41) is 4.72. The number of nitrogens with one attached hydrogen (secondary N) is 2. The lowest BCUT2D eigenvalue weighted by Gasteiger charge is -2.33. The highest BCUT2D eigenvalue weighted by Gasteiger charge is 2.19. The molecule has 1 atom stereocenters. The summed E-state index contributed by atoms with van der Waals surface area (Å²) in [6.07, 6.45) is 3.77. The summed E-state index contributed by atoms with van der Waals surface area (Å²) in [5.41, 5.74) is 3.26. The minimum Gasteiger partial charge on any atom is -0.348 e. The maximum atomic E-state index is 12.7. The molecule has 8 heteroatoms. The number of hydrogen-bond acceptors (Lipinski definition) is 5. The number of thiophene rings is 1. The van der Waals surface area contributed by atoms with Crippen LogP contribution in [0.5, 0.6) is 0 Å². The minimum absolute atomic E-state index is 0.191. The third-order valence-corrected chi connectivity index (χ3v) is 8.81. The van der Waals surface area contributed by atoms with E-state index >= 15 is 0 Å². The van der Waals surface area contributed by atoms with Gasteiger partial charge in [0.05, 0.1) is 0 Å². The highest BCUT2D eigenvalue weighted by molar-refractivity contribution is 7.94. The van der Waals surface area contributed by atoms with E-state index in [1.165, 1.54) is 24.8 Å². The van der Waals surface area contributed by atoms with Crippen LogP contribution in [0.1, 0.15) is 47.7 Å². The Morgan fingerprint density at radius 1 is 1.03 bits per heavy atom. The second kappa shape index (κ2) is 10.5. The highest BCUT2D eigenvalue weighted by Crippen LogP contribution is 2.22. The van der Waals surface area contributed by atoms with Crippen molar-refractivity contribution in [1.82, 2.24) is 10.2 Å². The predicted molar refractivity (Wildman–Crippen MR) is 133 cm³/mol. The highest BCUT2D eigenvalue weighted by atomic mass is 32.2. The molecule has 0 radical (unpaired) electrons. The lowest BCUT2D eigenvalue weighted by atomic mass is 10.0. The first-order valence-corrected chi connectivity index (χ1v) is 13.5. The molecule has 2 aromatic carbocycles. The number of carbonyl (C=O) groups is 1. The SMILES string of the molecule is CC1CCCCN1Cc1ccccc1CNC(=O)c1ccc(NS(=O)(=O)c2cccs2)cc1. The number of benzene rings is 2. The van der Waals surface area contributed by atoms with Crippen LogP contribution in [0.2, 0.25) is 0 Å². The second-order valence-corrected chi connectivity index (χ2v) is 11.2. The van der Waals surface area contributed by atoms with Crippen molar-refractivity contribution in [2.24, 2.45) is 0 Å². The molecule has 33 heavy (non-hydrogen) atoms. The van der Waals surface area contributed by atoms with Crippen molar-refractivity contribution in [3.63, 3.8) is 0 Å². The fourth-order valence-corrected chi connectivity index (χ4v) is 6.14. The van der Waals surface area contributed by atoms with Gasteiger partial charge in [0, 0.05) is 30.4 Å².